The van der Waals surface area contributed by atoms with E-state index >= 15 is 0 Å². The minimum atomic E-state index is -1.62. The molecular weight excluding hydrogens is 224 g/mol. The average Bonchev–Trinajstić information content (AvgIpc) is 2.36. The maximum atomic E-state index is 11.9. The van der Waals surface area contributed by atoms with Gasteiger partial charge in [0.1, 0.15) is 18.3 Å². The second-order valence-electron chi connectivity index (χ2n) is 4.90. The van der Waals surface area contributed by atoms with Crippen molar-refractivity contribution in [1.82, 2.24) is 0 Å². The summed E-state index contributed by atoms with van der Waals surface area (Å²) in [6.07, 6.45) is -1.45. The summed E-state index contributed by atoms with van der Waals surface area (Å²) < 4.78 is 0. The second-order valence-corrected chi connectivity index (χ2v) is 4.90. The maximum absolute atomic E-state index is 11.9. The lowest BCUT2D eigenvalue weighted by atomic mass is 9.82. The van der Waals surface area contributed by atoms with Gasteiger partial charge in [0.25, 0.3) is 0 Å². The summed E-state index contributed by atoms with van der Waals surface area (Å²) in [4.78, 5) is 11.9. The third kappa shape index (κ3) is 3.74. The highest BCUT2D eigenvalue weighted by molar-refractivity contribution is 5.85. The minimum absolute atomic E-state index is 0.227. The average molecular weight is 246 g/mol. The van der Waals surface area contributed by atoms with Crippen LogP contribution in [0, 0.1) is 5.92 Å². The third-order valence-corrected chi connectivity index (χ3v) is 3.47. The molecule has 5 heteroatoms. The van der Waals surface area contributed by atoms with Crippen molar-refractivity contribution in [2.24, 2.45) is 5.92 Å². The Kier molecular flexibility index (Phi) is 5.52. The van der Waals surface area contributed by atoms with Crippen LogP contribution in [0.1, 0.15) is 39.0 Å². The molecule has 0 aromatic heterocycles. The summed E-state index contributed by atoms with van der Waals surface area (Å²) >= 11 is 0. The fourth-order valence-electron chi connectivity index (χ4n) is 2.27. The Morgan fingerprint density at radius 2 is 1.53 bits per heavy atom. The molecule has 1 fully saturated rings. The van der Waals surface area contributed by atoms with Crippen LogP contribution in [0.5, 0.6) is 0 Å². The van der Waals surface area contributed by atoms with E-state index in [1.54, 1.807) is 0 Å². The molecule has 0 aromatic rings. The smallest absolute Gasteiger partial charge is 0.167 e. The Morgan fingerprint density at radius 3 is 2.00 bits per heavy atom. The molecule has 0 aliphatic heterocycles. The summed E-state index contributed by atoms with van der Waals surface area (Å²) in [6, 6.07) is 0. The van der Waals surface area contributed by atoms with Crippen LogP contribution in [-0.2, 0) is 4.79 Å². The summed E-state index contributed by atoms with van der Waals surface area (Å²) in [5.74, 6) is -0.647. The maximum Gasteiger partial charge on any atom is 0.167 e. The monoisotopic (exact) mass is 246 g/mol. The van der Waals surface area contributed by atoms with Crippen LogP contribution in [0.2, 0.25) is 0 Å². The first-order valence-electron chi connectivity index (χ1n) is 6.21. The van der Waals surface area contributed by atoms with Crippen molar-refractivity contribution in [3.05, 3.63) is 0 Å². The first-order chi connectivity index (χ1) is 7.95. The summed E-state index contributed by atoms with van der Waals surface area (Å²) in [6.45, 7) is 1.30. The van der Waals surface area contributed by atoms with Gasteiger partial charge in [0.2, 0.25) is 0 Å². The van der Waals surface area contributed by atoms with Crippen molar-refractivity contribution < 1.29 is 25.2 Å². The molecule has 0 radical (unpaired) electrons. The fraction of sp³-hybridized carbons (Fsp3) is 0.917. The van der Waals surface area contributed by atoms with Crippen LogP contribution in [-0.4, -0.2) is 50.6 Å². The normalized spacial score (nSPS) is 25.0. The molecular formula is C12H22O5. The van der Waals surface area contributed by atoms with Gasteiger partial charge in [0, 0.05) is 5.92 Å². The molecule has 1 rings (SSSR count). The van der Waals surface area contributed by atoms with Gasteiger partial charge >= 0.3 is 0 Å². The highest BCUT2D eigenvalue weighted by Crippen LogP contribution is 2.26. The zero-order chi connectivity index (χ0) is 13.0. The van der Waals surface area contributed by atoms with Gasteiger partial charge in [-0.1, -0.05) is 19.3 Å². The number of ketones is 1. The minimum Gasteiger partial charge on any atom is -0.391 e. The molecule has 0 unspecified atom stereocenters. The van der Waals surface area contributed by atoms with Gasteiger partial charge in [-0.2, -0.15) is 0 Å². The number of carbonyl (C=O) groups is 1. The van der Waals surface area contributed by atoms with E-state index in [2.05, 4.69) is 0 Å². The Morgan fingerprint density at radius 1 is 1.00 bits per heavy atom. The van der Waals surface area contributed by atoms with Crippen molar-refractivity contribution in [3.8, 4) is 0 Å². The Labute approximate surface area is 101 Å². The molecule has 0 aromatic carbocycles. The molecule has 5 nitrogen and oxygen atoms in total. The number of aliphatic hydroxyl groups excluding tert-OH is 4. The van der Waals surface area contributed by atoms with Crippen molar-refractivity contribution in [2.75, 3.05) is 0 Å². The predicted octanol–water partition coefficient (Wildman–Crippen LogP) is -0.401. The summed E-state index contributed by atoms with van der Waals surface area (Å²) in [5.41, 5.74) is 0. The van der Waals surface area contributed by atoms with Crippen molar-refractivity contribution in [3.63, 3.8) is 0 Å². The topological polar surface area (TPSA) is 98.0 Å². The summed E-state index contributed by atoms with van der Waals surface area (Å²) in [5, 5.41) is 37.8. The van der Waals surface area contributed by atoms with Gasteiger partial charge in [-0.05, 0) is 19.8 Å². The van der Waals surface area contributed by atoms with Gasteiger partial charge in [-0.3, -0.25) is 4.79 Å². The summed E-state index contributed by atoms with van der Waals surface area (Å²) in [7, 11) is 0. The van der Waals surface area contributed by atoms with Crippen LogP contribution in [0.15, 0.2) is 0 Å². The third-order valence-electron chi connectivity index (χ3n) is 3.47. The second kappa shape index (κ2) is 6.44. The zero-order valence-electron chi connectivity index (χ0n) is 10.1. The number of Topliss-reactive ketones (excluding diaryl/α,β-unsaturated/α-hetero) is 1. The molecule has 1 aliphatic rings. The van der Waals surface area contributed by atoms with E-state index in [9.17, 15) is 20.1 Å². The fourth-order valence-corrected chi connectivity index (χ4v) is 2.27. The standard InChI is InChI=1S/C12H22O5/c1-7(13)9(14)11(16)12(17)10(15)8-5-3-2-4-6-8/h7-9,11-14,16-17H,2-6H2,1H3/t7-,9+,11+,12+/m0/s1. The molecule has 100 valence electrons. The number of hydrogen-bond donors (Lipinski definition) is 4. The van der Waals surface area contributed by atoms with E-state index in [-0.39, 0.29) is 5.92 Å². The molecule has 1 aliphatic carbocycles. The van der Waals surface area contributed by atoms with E-state index in [4.69, 9.17) is 5.11 Å². The quantitative estimate of drug-likeness (QED) is 0.529. The molecule has 4 atom stereocenters. The van der Waals surface area contributed by atoms with E-state index in [0.29, 0.717) is 0 Å². The van der Waals surface area contributed by atoms with Gasteiger partial charge < -0.3 is 20.4 Å². The molecule has 1 saturated carbocycles. The van der Waals surface area contributed by atoms with Crippen LogP contribution < -0.4 is 0 Å². The Balaban J connectivity index is 2.55. The van der Waals surface area contributed by atoms with Gasteiger partial charge in [0.15, 0.2) is 5.78 Å². The number of carbonyl (C=O) groups excluding carboxylic acids is 1. The van der Waals surface area contributed by atoms with Crippen molar-refractivity contribution >= 4 is 5.78 Å². The molecule has 4 N–H and O–H groups in total. The van der Waals surface area contributed by atoms with Gasteiger partial charge in [-0.15, -0.1) is 0 Å². The van der Waals surface area contributed by atoms with Crippen LogP contribution in [0.25, 0.3) is 0 Å². The lowest BCUT2D eigenvalue weighted by Crippen LogP contribution is -2.48. The SMILES string of the molecule is C[C@H](O)[C@@H](O)[C@@H](O)[C@H](O)C(=O)C1CCCCC1. The largest absolute Gasteiger partial charge is 0.391 e. The van der Waals surface area contributed by atoms with Gasteiger partial charge in [0.05, 0.1) is 6.10 Å². The van der Waals surface area contributed by atoms with Gasteiger partial charge in [-0.25, -0.2) is 0 Å². The van der Waals surface area contributed by atoms with Crippen LogP contribution in [0.4, 0.5) is 0 Å². The number of hydrogen-bond acceptors (Lipinski definition) is 5. The molecule has 0 amide bonds. The molecule has 17 heavy (non-hydrogen) atoms. The number of rotatable bonds is 5. The first-order valence-corrected chi connectivity index (χ1v) is 6.21. The van der Waals surface area contributed by atoms with Crippen LogP contribution >= 0.6 is 0 Å². The molecule has 0 spiro atoms. The van der Waals surface area contributed by atoms with Crippen molar-refractivity contribution in [2.45, 2.75) is 63.4 Å². The highest BCUT2D eigenvalue weighted by atomic mass is 16.4. The predicted molar refractivity (Wildman–Crippen MR) is 61.3 cm³/mol. The van der Waals surface area contributed by atoms with E-state index in [0.717, 1.165) is 32.1 Å². The highest BCUT2D eigenvalue weighted by Gasteiger charge is 2.36. The molecule has 0 bridgehead atoms. The zero-order valence-corrected chi connectivity index (χ0v) is 10.1. The Bertz CT molecular complexity index is 247. The first kappa shape index (κ1) is 14.6. The van der Waals surface area contributed by atoms with E-state index in [1.807, 2.05) is 0 Å². The molecule has 0 heterocycles. The van der Waals surface area contributed by atoms with Crippen molar-refractivity contribution in [1.29, 1.82) is 0 Å². The van der Waals surface area contributed by atoms with E-state index < -0.39 is 30.2 Å². The van der Waals surface area contributed by atoms with Crippen LogP contribution in [0.3, 0.4) is 0 Å². The lowest BCUT2D eigenvalue weighted by molar-refractivity contribution is -0.148. The lowest BCUT2D eigenvalue weighted by Gasteiger charge is -2.28. The molecule has 0 saturated heterocycles. The van der Waals surface area contributed by atoms with E-state index in [1.165, 1.54) is 6.92 Å². The Hall–Kier alpha value is -0.490. The number of aliphatic hydroxyl groups is 4.